The van der Waals surface area contributed by atoms with E-state index in [1.54, 1.807) is 25.3 Å². The predicted molar refractivity (Wildman–Crippen MR) is 123 cm³/mol. The van der Waals surface area contributed by atoms with Crippen LogP contribution in [0.15, 0.2) is 36.7 Å². The van der Waals surface area contributed by atoms with Crippen LogP contribution in [0.1, 0.15) is 19.3 Å². The molecular formula is C24H26N4O5. The van der Waals surface area contributed by atoms with Gasteiger partial charge >= 0.3 is 0 Å². The zero-order chi connectivity index (χ0) is 22.6. The fraction of sp³-hybridized carbons (Fsp3) is 0.375. The van der Waals surface area contributed by atoms with Gasteiger partial charge in [-0.1, -0.05) is 0 Å². The highest BCUT2D eigenvalue weighted by Crippen LogP contribution is 2.38. The lowest BCUT2D eigenvalue weighted by Gasteiger charge is -2.18. The van der Waals surface area contributed by atoms with Gasteiger partial charge < -0.3 is 29.2 Å². The Morgan fingerprint density at radius 3 is 2.85 bits per heavy atom. The average molecular weight is 450 g/mol. The van der Waals surface area contributed by atoms with Crippen molar-refractivity contribution in [3.05, 3.63) is 36.7 Å². The van der Waals surface area contributed by atoms with E-state index < -0.39 is 0 Å². The van der Waals surface area contributed by atoms with E-state index in [1.165, 1.54) is 32.3 Å². The maximum Gasteiger partial charge on any atom is 0.262 e. The summed E-state index contributed by atoms with van der Waals surface area (Å²) in [6, 6.07) is 8.89. The molecule has 9 heteroatoms. The topological polar surface area (TPSA) is 95.0 Å². The van der Waals surface area contributed by atoms with Crippen molar-refractivity contribution in [2.24, 2.45) is 0 Å². The minimum absolute atomic E-state index is 0.00616. The summed E-state index contributed by atoms with van der Waals surface area (Å²) in [5.41, 5.74) is 1.24. The highest BCUT2D eigenvalue weighted by molar-refractivity contribution is 5.95. The minimum atomic E-state index is -0.204. The molecule has 9 nitrogen and oxygen atoms in total. The van der Waals surface area contributed by atoms with Crippen LogP contribution in [-0.4, -0.2) is 60.7 Å². The Morgan fingerprint density at radius 2 is 2.00 bits per heavy atom. The Kier molecular flexibility index (Phi) is 6.12. The molecule has 2 aliphatic heterocycles. The first kappa shape index (κ1) is 21.3. The van der Waals surface area contributed by atoms with Gasteiger partial charge in [-0.25, -0.2) is 9.97 Å². The maximum atomic E-state index is 11.6. The molecular weight excluding hydrogens is 424 g/mol. The second-order valence-corrected chi connectivity index (χ2v) is 8.05. The summed E-state index contributed by atoms with van der Waals surface area (Å²) >= 11 is 0. The smallest absolute Gasteiger partial charge is 0.262 e. The maximum absolute atomic E-state index is 11.6. The molecule has 1 aromatic heterocycles. The lowest BCUT2D eigenvalue weighted by molar-refractivity contribution is -0.118. The van der Waals surface area contributed by atoms with Gasteiger partial charge in [0.25, 0.3) is 5.91 Å². The van der Waals surface area contributed by atoms with Crippen LogP contribution in [-0.2, 0) is 4.79 Å². The molecule has 0 unspecified atom stereocenters. The first-order chi connectivity index (χ1) is 16.2. The zero-order valence-electron chi connectivity index (χ0n) is 18.5. The average Bonchev–Trinajstić information content (AvgIpc) is 3.35. The summed E-state index contributed by atoms with van der Waals surface area (Å²) in [6.45, 7) is 4.02. The monoisotopic (exact) mass is 450 g/mol. The van der Waals surface area contributed by atoms with Crippen molar-refractivity contribution in [2.45, 2.75) is 19.3 Å². The number of carbonyl (C=O) groups is 1. The fourth-order valence-electron chi connectivity index (χ4n) is 4.11. The summed E-state index contributed by atoms with van der Waals surface area (Å²) in [5, 5.41) is 3.47. The van der Waals surface area contributed by atoms with Crippen molar-refractivity contribution < 1.29 is 23.7 Å². The number of benzene rings is 2. The van der Waals surface area contributed by atoms with Gasteiger partial charge in [0, 0.05) is 18.7 Å². The third kappa shape index (κ3) is 4.78. The Balaban J connectivity index is 1.33. The van der Waals surface area contributed by atoms with E-state index in [2.05, 4.69) is 20.2 Å². The van der Waals surface area contributed by atoms with E-state index >= 15 is 0 Å². The standard InChI is InChI=1S/C24H26N4O5/c1-30-21-12-17-18(13-22(21)31-10-4-9-28-7-2-3-8-28)25-15-26-24(17)33-16-5-6-20-19(11-16)27-23(29)14-32-20/h5-6,11-13,15H,2-4,7-10,14H2,1H3,(H,27,29). The van der Waals surface area contributed by atoms with Crippen LogP contribution in [0.4, 0.5) is 5.69 Å². The molecule has 33 heavy (non-hydrogen) atoms. The molecule has 5 rings (SSSR count). The number of ether oxygens (including phenoxy) is 4. The minimum Gasteiger partial charge on any atom is -0.493 e. The van der Waals surface area contributed by atoms with Crippen molar-refractivity contribution in [2.75, 3.05) is 45.3 Å². The van der Waals surface area contributed by atoms with E-state index in [9.17, 15) is 4.79 Å². The van der Waals surface area contributed by atoms with Gasteiger partial charge in [-0.05, 0) is 50.6 Å². The van der Waals surface area contributed by atoms with E-state index in [4.69, 9.17) is 18.9 Å². The summed E-state index contributed by atoms with van der Waals surface area (Å²) in [4.78, 5) is 22.8. The number of aromatic nitrogens is 2. The molecule has 3 aromatic rings. The number of nitrogens with zero attached hydrogens (tertiary/aromatic N) is 3. The number of amides is 1. The molecule has 0 atom stereocenters. The molecule has 2 aromatic carbocycles. The number of fused-ring (bicyclic) bond motifs is 2. The molecule has 172 valence electrons. The van der Waals surface area contributed by atoms with Crippen LogP contribution in [0.2, 0.25) is 0 Å². The molecule has 3 heterocycles. The van der Waals surface area contributed by atoms with Crippen molar-refractivity contribution >= 4 is 22.5 Å². The zero-order valence-corrected chi connectivity index (χ0v) is 18.5. The number of nitrogens with one attached hydrogen (secondary N) is 1. The number of rotatable bonds is 8. The normalized spacial score (nSPS) is 15.6. The molecule has 0 saturated carbocycles. The Hall–Kier alpha value is -3.59. The first-order valence-corrected chi connectivity index (χ1v) is 11.1. The van der Waals surface area contributed by atoms with Gasteiger partial charge in [0.05, 0.1) is 30.3 Å². The number of likely N-dealkylation sites (tertiary alicyclic amines) is 1. The van der Waals surface area contributed by atoms with Crippen molar-refractivity contribution in [3.8, 4) is 28.9 Å². The predicted octanol–water partition coefficient (Wildman–Crippen LogP) is 3.63. The van der Waals surface area contributed by atoms with Gasteiger partial charge in [0.2, 0.25) is 5.88 Å². The SMILES string of the molecule is COc1cc2c(Oc3ccc4c(c3)NC(=O)CO4)ncnc2cc1OCCCN1CCCC1. The van der Waals surface area contributed by atoms with Crippen LogP contribution in [0.25, 0.3) is 10.9 Å². The molecule has 1 amide bonds. The fourth-order valence-corrected chi connectivity index (χ4v) is 4.11. The number of anilines is 1. The van der Waals surface area contributed by atoms with Crippen LogP contribution in [0, 0.1) is 0 Å². The third-order valence-electron chi connectivity index (χ3n) is 5.76. The molecule has 0 spiro atoms. The molecule has 2 aliphatic rings. The van der Waals surface area contributed by atoms with E-state index in [1.807, 2.05) is 12.1 Å². The number of carbonyl (C=O) groups excluding carboxylic acids is 1. The van der Waals surface area contributed by atoms with Crippen molar-refractivity contribution in [3.63, 3.8) is 0 Å². The van der Waals surface area contributed by atoms with Gasteiger partial charge in [0.1, 0.15) is 17.8 Å². The van der Waals surface area contributed by atoms with Gasteiger partial charge in [-0.15, -0.1) is 0 Å². The summed E-state index contributed by atoms with van der Waals surface area (Å²) in [7, 11) is 1.61. The third-order valence-corrected chi connectivity index (χ3v) is 5.76. The second-order valence-electron chi connectivity index (χ2n) is 8.05. The Labute approximate surface area is 191 Å². The van der Waals surface area contributed by atoms with Crippen molar-refractivity contribution in [1.82, 2.24) is 14.9 Å². The highest BCUT2D eigenvalue weighted by Gasteiger charge is 2.18. The molecule has 0 radical (unpaired) electrons. The summed E-state index contributed by atoms with van der Waals surface area (Å²) < 4.78 is 23.0. The van der Waals surface area contributed by atoms with Gasteiger partial charge in [0.15, 0.2) is 18.1 Å². The highest BCUT2D eigenvalue weighted by atomic mass is 16.5. The molecule has 1 fully saturated rings. The second kappa shape index (κ2) is 9.50. The van der Waals surface area contributed by atoms with Crippen LogP contribution in [0.3, 0.4) is 0 Å². The van der Waals surface area contributed by atoms with Crippen LogP contribution >= 0.6 is 0 Å². The first-order valence-electron chi connectivity index (χ1n) is 11.1. The quantitative estimate of drug-likeness (QED) is 0.520. The molecule has 1 saturated heterocycles. The van der Waals surface area contributed by atoms with Gasteiger partial charge in [-0.3, -0.25) is 4.79 Å². The van der Waals surface area contributed by atoms with E-state index in [0.717, 1.165) is 13.0 Å². The lowest BCUT2D eigenvalue weighted by atomic mass is 10.2. The molecule has 0 bridgehead atoms. The summed E-state index contributed by atoms with van der Waals surface area (Å²) in [5.74, 6) is 2.52. The Bertz CT molecular complexity index is 1160. The number of hydrogen-bond acceptors (Lipinski definition) is 8. The van der Waals surface area contributed by atoms with E-state index in [0.29, 0.717) is 52.1 Å². The molecule has 1 N–H and O–H groups in total. The van der Waals surface area contributed by atoms with E-state index in [-0.39, 0.29) is 12.5 Å². The largest absolute Gasteiger partial charge is 0.493 e. The van der Waals surface area contributed by atoms with Crippen LogP contribution < -0.4 is 24.3 Å². The number of methoxy groups -OCH3 is 1. The van der Waals surface area contributed by atoms with Crippen LogP contribution in [0.5, 0.6) is 28.9 Å². The van der Waals surface area contributed by atoms with Gasteiger partial charge in [-0.2, -0.15) is 0 Å². The summed E-state index contributed by atoms with van der Waals surface area (Å²) in [6.07, 6.45) is 4.98. The Morgan fingerprint density at radius 1 is 1.12 bits per heavy atom. The lowest BCUT2D eigenvalue weighted by Crippen LogP contribution is -2.25. The van der Waals surface area contributed by atoms with Crippen molar-refractivity contribution in [1.29, 1.82) is 0 Å². The number of hydrogen-bond donors (Lipinski definition) is 1. The molecule has 0 aliphatic carbocycles.